The molecule has 0 radical (unpaired) electrons. The molecule has 1 fully saturated rings. The highest BCUT2D eigenvalue weighted by Crippen LogP contribution is 2.29. The minimum absolute atomic E-state index is 0.0803. The molecule has 28 heavy (non-hydrogen) atoms. The third-order valence-electron chi connectivity index (χ3n) is 5.41. The fraction of sp³-hybridized carbons (Fsp3) is 0.476. The fourth-order valence-corrected chi connectivity index (χ4v) is 4.73. The van der Waals surface area contributed by atoms with Crippen molar-refractivity contribution in [3.8, 4) is 5.75 Å². The zero-order valence-electron chi connectivity index (χ0n) is 15.8. The molecule has 1 saturated heterocycles. The maximum Gasteiger partial charge on any atom is 0.342 e. The lowest BCUT2D eigenvalue weighted by Gasteiger charge is -2.25. The number of phenolic OH excluding ortho intramolecular Hbond substituents is 1. The lowest BCUT2D eigenvalue weighted by atomic mass is 9.90. The highest BCUT2D eigenvalue weighted by atomic mass is 32.1. The number of ketones is 1. The monoisotopic (exact) mass is 400 g/mol. The molecule has 0 unspecified atom stereocenters. The third-order valence-corrected chi connectivity index (χ3v) is 6.51. The van der Waals surface area contributed by atoms with Gasteiger partial charge in [-0.15, -0.1) is 0 Å². The van der Waals surface area contributed by atoms with Gasteiger partial charge in [0.2, 0.25) is 5.78 Å². The minimum atomic E-state index is -0.667. The number of fused-ring (bicyclic) bond motifs is 1. The molecule has 0 bridgehead atoms. The number of phenols is 1. The van der Waals surface area contributed by atoms with E-state index in [0.717, 1.165) is 67.9 Å². The molecule has 0 amide bonds. The Balaban J connectivity index is 1.38. The summed E-state index contributed by atoms with van der Waals surface area (Å²) in [5.41, 5.74) is 2.30. The van der Waals surface area contributed by atoms with E-state index in [0.29, 0.717) is 4.88 Å². The highest BCUT2D eigenvalue weighted by molar-refractivity contribution is 7.17. The number of aryl methyl sites for hydroxylation is 2. The van der Waals surface area contributed by atoms with Gasteiger partial charge < -0.3 is 14.7 Å². The maximum atomic E-state index is 12.4. The van der Waals surface area contributed by atoms with Gasteiger partial charge in [-0.25, -0.2) is 9.78 Å². The van der Waals surface area contributed by atoms with Gasteiger partial charge in [-0.3, -0.25) is 4.79 Å². The molecule has 6 nitrogen and oxygen atoms in total. The summed E-state index contributed by atoms with van der Waals surface area (Å²) in [6, 6.07) is 3.36. The normalized spacial score (nSPS) is 16.5. The lowest BCUT2D eigenvalue weighted by Crippen LogP contribution is -2.29. The van der Waals surface area contributed by atoms with Crippen molar-refractivity contribution in [2.45, 2.75) is 44.9 Å². The largest absolute Gasteiger partial charge is 0.507 e. The van der Waals surface area contributed by atoms with Crippen molar-refractivity contribution in [2.24, 2.45) is 0 Å². The molecule has 1 N–H and O–H groups in total. The zero-order valence-corrected chi connectivity index (χ0v) is 16.6. The Kier molecular flexibility index (Phi) is 5.62. The minimum Gasteiger partial charge on any atom is -0.507 e. The summed E-state index contributed by atoms with van der Waals surface area (Å²) in [4.78, 5) is 31.8. The van der Waals surface area contributed by atoms with Gasteiger partial charge in [0.05, 0.1) is 11.1 Å². The molecule has 2 aliphatic rings. The summed E-state index contributed by atoms with van der Waals surface area (Å²) in [5.74, 6) is -1.02. The average molecular weight is 401 g/mol. The summed E-state index contributed by atoms with van der Waals surface area (Å²) in [6.07, 6.45) is 9.07. The fourth-order valence-electron chi connectivity index (χ4n) is 3.84. The first-order valence-electron chi connectivity index (χ1n) is 9.87. The predicted molar refractivity (Wildman–Crippen MR) is 108 cm³/mol. The van der Waals surface area contributed by atoms with Crippen molar-refractivity contribution in [1.29, 1.82) is 0 Å². The molecule has 1 aliphatic heterocycles. The molecule has 0 spiro atoms. The van der Waals surface area contributed by atoms with Crippen molar-refractivity contribution < 1.29 is 19.4 Å². The van der Waals surface area contributed by atoms with E-state index >= 15 is 0 Å². The number of aromatic hydroxyl groups is 1. The second-order valence-electron chi connectivity index (χ2n) is 7.40. The topological polar surface area (TPSA) is 79.7 Å². The summed E-state index contributed by atoms with van der Waals surface area (Å²) in [7, 11) is 0. The molecule has 0 saturated carbocycles. The van der Waals surface area contributed by atoms with Gasteiger partial charge in [0.1, 0.15) is 11.3 Å². The van der Waals surface area contributed by atoms with Crippen LogP contribution < -0.4 is 4.90 Å². The Morgan fingerprint density at radius 1 is 1.07 bits per heavy atom. The number of hydrogen-bond acceptors (Lipinski definition) is 7. The van der Waals surface area contributed by atoms with E-state index in [2.05, 4.69) is 9.88 Å². The first-order chi connectivity index (χ1) is 13.6. The summed E-state index contributed by atoms with van der Waals surface area (Å²) in [6.45, 7) is 1.58. The van der Waals surface area contributed by atoms with Gasteiger partial charge in [0.15, 0.2) is 11.7 Å². The highest BCUT2D eigenvalue weighted by Gasteiger charge is 2.21. The van der Waals surface area contributed by atoms with Crippen LogP contribution in [0.2, 0.25) is 0 Å². The molecule has 1 aromatic carbocycles. The number of Topliss-reactive ketones (excluding diaryl/α,β-unsaturated/α-hetero) is 1. The van der Waals surface area contributed by atoms with Crippen molar-refractivity contribution in [3.05, 3.63) is 39.9 Å². The Labute approximate surface area is 168 Å². The van der Waals surface area contributed by atoms with Crippen LogP contribution in [-0.2, 0) is 17.6 Å². The Morgan fingerprint density at radius 2 is 1.79 bits per heavy atom. The van der Waals surface area contributed by atoms with Crippen LogP contribution in [-0.4, -0.2) is 41.5 Å². The maximum absolute atomic E-state index is 12.4. The Hall–Kier alpha value is -2.41. The number of benzene rings is 1. The number of ether oxygens (including phenoxy) is 1. The van der Waals surface area contributed by atoms with Crippen molar-refractivity contribution in [3.63, 3.8) is 0 Å². The third kappa shape index (κ3) is 4.04. The number of aromatic nitrogens is 1. The first-order valence-corrected chi connectivity index (χ1v) is 10.7. The number of nitrogens with zero attached hydrogens (tertiary/aromatic N) is 2. The van der Waals surface area contributed by atoms with Crippen molar-refractivity contribution in [2.75, 3.05) is 24.6 Å². The Bertz CT molecular complexity index is 887. The molecule has 4 rings (SSSR count). The van der Waals surface area contributed by atoms with Crippen LogP contribution in [0.25, 0.3) is 0 Å². The van der Waals surface area contributed by atoms with Crippen LogP contribution in [0.3, 0.4) is 0 Å². The number of rotatable bonds is 5. The average Bonchev–Trinajstić information content (AvgIpc) is 3.22. The van der Waals surface area contributed by atoms with Gasteiger partial charge in [0.25, 0.3) is 0 Å². The van der Waals surface area contributed by atoms with E-state index in [9.17, 15) is 14.7 Å². The molecular weight excluding hydrogens is 376 g/mol. The van der Waals surface area contributed by atoms with E-state index in [1.807, 2.05) is 0 Å². The molecule has 2 heterocycles. The Morgan fingerprint density at radius 3 is 2.54 bits per heavy atom. The zero-order chi connectivity index (χ0) is 19.5. The second-order valence-corrected chi connectivity index (χ2v) is 8.41. The standard InChI is InChI=1S/C21H24N2O4S/c24-17-11-15-7-3-2-6-14(15)10-16(17)20(26)27-13-18(25)19-12-22-21(28-19)23-8-4-1-5-9-23/h10-12,24H,1-9,13H2. The van der Waals surface area contributed by atoms with Crippen LogP contribution in [0.1, 0.15) is 63.3 Å². The SMILES string of the molecule is O=C(COC(=O)c1cc2c(cc1O)CCCC2)c1cnc(N2CCCCC2)s1. The summed E-state index contributed by atoms with van der Waals surface area (Å²) in [5, 5.41) is 11.0. The number of hydrogen-bond donors (Lipinski definition) is 1. The van der Waals surface area contributed by atoms with Crippen LogP contribution in [0.4, 0.5) is 5.13 Å². The van der Waals surface area contributed by atoms with Gasteiger partial charge >= 0.3 is 5.97 Å². The molecule has 148 valence electrons. The van der Waals surface area contributed by atoms with Gasteiger partial charge in [-0.2, -0.15) is 0 Å². The van der Waals surface area contributed by atoms with Crippen molar-refractivity contribution in [1.82, 2.24) is 4.98 Å². The predicted octanol–water partition coefficient (Wildman–Crippen LogP) is 3.76. The van der Waals surface area contributed by atoms with Crippen LogP contribution in [0.15, 0.2) is 18.3 Å². The second kappa shape index (κ2) is 8.31. The van der Waals surface area contributed by atoms with Crippen LogP contribution in [0, 0.1) is 0 Å². The number of anilines is 1. The molecule has 7 heteroatoms. The van der Waals surface area contributed by atoms with E-state index in [1.165, 1.54) is 17.8 Å². The van der Waals surface area contributed by atoms with E-state index in [-0.39, 0.29) is 23.7 Å². The molecule has 0 atom stereocenters. The van der Waals surface area contributed by atoms with E-state index in [1.54, 1.807) is 18.3 Å². The molecule has 1 aliphatic carbocycles. The summed E-state index contributed by atoms with van der Waals surface area (Å²) < 4.78 is 5.19. The molecule has 2 aromatic rings. The van der Waals surface area contributed by atoms with Gasteiger partial charge in [0, 0.05) is 13.1 Å². The van der Waals surface area contributed by atoms with Crippen LogP contribution in [0.5, 0.6) is 5.75 Å². The molecule has 1 aromatic heterocycles. The first kappa shape index (κ1) is 18.9. The van der Waals surface area contributed by atoms with E-state index < -0.39 is 5.97 Å². The smallest absolute Gasteiger partial charge is 0.342 e. The van der Waals surface area contributed by atoms with Crippen LogP contribution >= 0.6 is 11.3 Å². The number of carbonyl (C=O) groups is 2. The number of esters is 1. The van der Waals surface area contributed by atoms with Crippen molar-refractivity contribution >= 4 is 28.2 Å². The molecular formula is C21H24N2O4S. The van der Waals surface area contributed by atoms with Gasteiger partial charge in [-0.05, 0) is 68.2 Å². The number of thiazole rings is 1. The number of carbonyl (C=O) groups excluding carboxylic acids is 2. The summed E-state index contributed by atoms with van der Waals surface area (Å²) >= 11 is 1.34. The van der Waals surface area contributed by atoms with E-state index in [4.69, 9.17) is 4.74 Å². The number of piperidine rings is 1. The lowest BCUT2D eigenvalue weighted by molar-refractivity contribution is 0.0472. The quantitative estimate of drug-likeness (QED) is 0.608. The van der Waals surface area contributed by atoms with Gasteiger partial charge in [-0.1, -0.05) is 11.3 Å².